The van der Waals surface area contributed by atoms with E-state index >= 15 is 0 Å². The second kappa shape index (κ2) is 8.51. The highest BCUT2D eigenvalue weighted by Crippen LogP contribution is 2.09. The number of carbonyl (C=O) groups is 2. The van der Waals surface area contributed by atoms with Crippen LogP contribution in [0.4, 0.5) is 4.79 Å². The predicted octanol–water partition coefficient (Wildman–Crippen LogP) is 1.56. The van der Waals surface area contributed by atoms with Crippen molar-refractivity contribution in [2.75, 3.05) is 19.6 Å². The van der Waals surface area contributed by atoms with Crippen molar-refractivity contribution in [1.29, 1.82) is 0 Å². The zero-order valence-electron chi connectivity index (χ0n) is 13.0. The monoisotopic (exact) mass is 304 g/mol. The lowest BCUT2D eigenvalue weighted by Gasteiger charge is -2.15. The highest BCUT2D eigenvalue weighted by Gasteiger charge is 2.25. The largest absolute Gasteiger partial charge is 0.324 e. The number of carbonyl (C=O) groups excluding carboxylic acids is 2. The first-order valence-corrected chi connectivity index (χ1v) is 7.79. The van der Waals surface area contributed by atoms with Gasteiger partial charge in [0.1, 0.15) is 6.54 Å². The smallest absolute Gasteiger partial charge is 0.315 e. The van der Waals surface area contributed by atoms with Gasteiger partial charge in [-0.15, -0.1) is 0 Å². The lowest BCUT2D eigenvalue weighted by molar-refractivity contribution is -0.118. The van der Waals surface area contributed by atoms with E-state index in [9.17, 15) is 9.59 Å². The Morgan fingerprint density at radius 1 is 1.18 bits per heavy atom. The van der Waals surface area contributed by atoms with Crippen molar-refractivity contribution in [2.24, 2.45) is 0 Å². The van der Waals surface area contributed by atoms with Crippen LogP contribution in [0.3, 0.4) is 0 Å². The fourth-order valence-corrected chi connectivity index (χ4v) is 2.41. The Labute approximate surface area is 131 Å². The SMILES string of the molecule is CC(NNCCCCCN1CC(=O)NC1=O)c1ccccc1. The molecular weight excluding hydrogens is 280 g/mol. The first-order chi connectivity index (χ1) is 10.7. The molecule has 22 heavy (non-hydrogen) atoms. The van der Waals surface area contributed by atoms with Gasteiger partial charge in [0, 0.05) is 19.1 Å². The van der Waals surface area contributed by atoms with E-state index in [0.29, 0.717) is 6.54 Å². The van der Waals surface area contributed by atoms with E-state index in [1.54, 1.807) is 4.90 Å². The van der Waals surface area contributed by atoms with E-state index in [2.05, 4.69) is 35.2 Å². The fourth-order valence-electron chi connectivity index (χ4n) is 2.41. The summed E-state index contributed by atoms with van der Waals surface area (Å²) in [7, 11) is 0. The Morgan fingerprint density at radius 2 is 1.95 bits per heavy atom. The van der Waals surface area contributed by atoms with Crippen molar-refractivity contribution in [3.05, 3.63) is 35.9 Å². The number of hydrazine groups is 1. The minimum absolute atomic E-state index is 0.202. The number of unbranched alkanes of at least 4 members (excludes halogenated alkanes) is 2. The Morgan fingerprint density at radius 3 is 2.64 bits per heavy atom. The molecule has 0 radical (unpaired) electrons. The van der Waals surface area contributed by atoms with Gasteiger partial charge in [-0.05, 0) is 25.3 Å². The predicted molar refractivity (Wildman–Crippen MR) is 85.0 cm³/mol. The topological polar surface area (TPSA) is 73.5 Å². The van der Waals surface area contributed by atoms with E-state index in [4.69, 9.17) is 0 Å². The number of urea groups is 1. The molecule has 1 aromatic rings. The summed E-state index contributed by atoms with van der Waals surface area (Å²) in [6.45, 7) is 3.84. The van der Waals surface area contributed by atoms with E-state index in [-0.39, 0.29) is 24.5 Å². The molecule has 1 heterocycles. The molecule has 0 aliphatic carbocycles. The lowest BCUT2D eigenvalue weighted by Crippen LogP contribution is -2.34. The molecule has 1 unspecified atom stereocenters. The van der Waals surface area contributed by atoms with Gasteiger partial charge in [0.15, 0.2) is 0 Å². The van der Waals surface area contributed by atoms with Gasteiger partial charge in [0.2, 0.25) is 5.91 Å². The van der Waals surface area contributed by atoms with Crippen molar-refractivity contribution in [1.82, 2.24) is 21.1 Å². The van der Waals surface area contributed by atoms with Crippen LogP contribution in [0.1, 0.15) is 37.8 Å². The van der Waals surface area contributed by atoms with Crippen LogP contribution in [0.25, 0.3) is 0 Å². The van der Waals surface area contributed by atoms with E-state index in [1.807, 2.05) is 18.2 Å². The minimum Gasteiger partial charge on any atom is -0.315 e. The Kier molecular flexibility index (Phi) is 6.36. The Balaban J connectivity index is 1.49. The summed E-state index contributed by atoms with van der Waals surface area (Å²) in [6.07, 6.45) is 2.96. The number of nitrogens with zero attached hydrogens (tertiary/aromatic N) is 1. The summed E-state index contributed by atoms with van der Waals surface area (Å²) in [5, 5.41) is 2.28. The summed E-state index contributed by atoms with van der Waals surface area (Å²) in [5.41, 5.74) is 7.76. The molecule has 0 saturated carbocycles. The van der Waals surface area contributed by atoms with Crippen LogP contribution in [0.5, 0.6) is 0 Å². The highest BCUT2D eigenvalue weighted by atomic mass is 16.2. The van der Waals surface area contributed by atoms with Gasteiger partial charge >= 0.3 is 6.03 Å². The van der Waals surface area contributed by atoms with Crippen LogP contribution in [0.15, 0.2) is 30.3 Å². The first-order valence-electron chi connectivity index (χ1n) is 7.79. The van der Waals surface area contributed by atoms with Crippen molar-refractivity contribution in [3.8, 4) is 0 Å². The van der Waals surface area contributed by atoms with Crippen molar-refractivity contribution in [3.63, 3.8) is 0 Å². The maximum absolute atomic E-state index is 11.3. The molecule has 1 aliphatic heterocycles. The molecule has 1 fully saturated rings. The van der Waals surface area contributed by atoms with E-state index in [0.717, 1.165) is 25.8 Å². The standard InChI is InChI=1S/C16H24N4O2/c1-13(14-8-4-2-5-9-14)19-17-10-6-3-7-11-20-12-15(21)18-16(20)22/h2,4-5,8-9,13,17,19H,3,6-7,10-12H2,1H3,(H,18,21,22). The maximum atomic E-state index is 11.3. The summed E-state index contributed by atoms with van der Waals surface area (Å²) in [4.78, 5) is 23.9. The van der Waals surface area contributed by atoms with E-state index in [1.165, 1.54) is 5.56 Å². The molecule has 120 valence electrons. The molecule has 2 rings (SSSR count). The van der Waals surface area contributed by atoms with Gasteiger partial charge in [0.05, 0.1) is 0 Å². The van der Waals surface area contributed by atoms with Gasteiger partial charge in [-0.25, -0.2) is 4.79 Å². The molecule has 6 nitrogen and oxygen atoms in total. The van der Waals surface area contributed by atoms with Crippen LogP contribution < -0.4 is 16.2 Å². The third kappa shape index (κ3) is 5.13. The molecule has 0 bridgehead atoms. The van der Waals surface area contributed by atoms with E-state index < -0.39 is 0 Å². The number of hydrogen-bond acceptors (Lipinski definition) is 4. The summed E-state index contributed by atoms with van der Waals surface area (Å²) in [5.74, 6) is -0.203. The number of rotatable bonds is 9. The third-order valence-corrected chi connectivity index (χ3v) is 3.72. The molecule has 1 aromatic carbocycles. The van der Waals surface area contributed by atoms with Crippen LogP contribution >= 0.6 is 0 Å². The quantitative estimate of drug-likeness (QED) is 0.368. The fraction of sp³-hybridized carbons (Fsp3) is 0.500. The molecule has 6 heteroatoms. The van der Waals surface area contributed by atoms with Crippen LogP contribution in [0, 0.1) is 0 Å². The van der Waals surface area contributed by atoms with Crippen LogP contribution in [-0.4, -0.2) is 36.5 Å². The Hall–Kier alpha value is -1.92. The molecule has 0 aromatic heterocycles. The number of hydrogen-bond donors (Lipinski definition) is 3. The number of amides is 3. The molecule has 1 saturated heterocycles. The summed E-state index contributed by atoms with van der Waals surface area (Å²) in [6, 6.07) is 10.3. The molecule has 3 amide bonds. The van der Waals surface area contributed by atoms with Crippen molar-refractivity contribution >= 4 is 11.9 Å². The van der Waals surface area contributed by atoms with Gasteiger partial charge < -0.3 is 4.90 Å². The lowest BCUT2D eigenvalue weighted by atomic mass is 10.1. The van der Waals surface area contributed by atoms with Gasteiger partial charge in [0.25, 0.3) is 0 Å². The maximum Gasteiger partial charge on any atom is 0.324 e. The zero-order valence-corrected chi connectivity index (χ0v) is 13.0. The first kappa shape index (κ1) is 16.5. The van der Waals surface area contributed by atoms with Gasteiger partial charge in [-0.3, -0.25) is 21.0 Å². The average Bonchev–Trinajstić information content (AvgIpc) is 2.84. The Bertz CT molecular complexity index is 492. The zero-order chi connectivity index (χ0) is 15.8. The number of imide groups is 1. The van der Waals surface area contributed by atoms with Crippen molar-refractivity contribution < 1.29 is 9.59 Å². The van der Waals surface area contributed by atoms with Crippen LogP contribution in [-0.2, 0) is 4.79 Å². The second-order valence-electron chi connectivity index (χ2n) is 5.54. The van der Waals surface area contributed by atoms with Gasteiger partial charge in [-0.1, -0.05) is 36.8 Å². The number of benzene rings is 1. The normalized spacial score (nSPS) is 16.0. The molecule has 3 N–H and O–H groups in total. The van der Waals surface area contributed by atoms with Crippen molar-refractivity contribution in [2.45, 2.75) is 32.2 Å². The minimum atomic E-state index is -0.263. The van der Waals surface area contributed by atoms with Crippen LogP contribution in [0.2, 0.25) is 0 Å². The average molecular weight is 304 g/mol. The highest BCUT2D eigenvalue weighted by molar-refractivity contribution is 6.01. The van der Waals surface area contributed by atoms with Gasteiger partial charge in [-0.2, -0.15) is 0 Å². The molecule has 0 spiro atoms. The number of nitrogens with one attached hydrogen (secondary N) is 3. The summed E-state index contributed by atoms with van der Waals surface area (Å²) < 4.78 is 0. The summed E-state index contributed by atoms with van der Waals surface area (Å²) >= 11 is 0. The molecule has 1 atom stereocenters. The third-order valence-electron chi connectivity index (χ3n) is 3.72. The molecular formula is C16H24N4O2. The second-order valence-corrected chi connectivity index (χ2v) is 5.54. The molecule has 1 aliphatic rings.